The molecular weight excluding hydrogens is 528 g/mol. The summed E-state index contributed by atoms with van der Waals surface area (Å²) in [6, 6.07) is -1.95. The van der Waals surface area contributed by atoms with Crippen molar-refractivity contribution in [2.75, 3.05) is 20.6 Å². The molecule has 3 rings (SSSR count). The quantitative estimate of drug-likeness (QED) is 0.425. The van der Waals surface area contributed by atoms with E-state index < -0.39 is 63.1 Å². The highest BCUT2D eigenvalue weighted by Gasteiger charge is 2.61. The zero-order valence-electron chi connectivity index (χ0n) is 23.4. The number of amides is 3. The lowest BCUT2D eigenvalue weighted by atomic mass is 9.91. The Hall–Kier alpha value is -2.51. The van der Waals surface area contributed by atoms with E-state index in [4.69, 9.17) is 4.74 Å². The number of nitrogens with one attached hydrogen (secondary N) is 2. The maximum absolute atomic E-state index is 13.6. The molecule has 0 aromatic heterocycles. The normalized spacial score (nSPS) is 31.4. The van der Waals surface area contributed by atoms with Crippen molar-refractivity contribution >= 4 is 33.9 Å². The van der Waals surface area contributed by atoms with E-state index in [0.29, 0.717) is 19.3 Å². The number of carbonyl (C=O) groups is 4. The van der Waals surface area contributed by atoms with Crippen LogP contribution < -0.4 is 10.0 Å². The van der Waals surface area contributed by atoms with E-state index in [2.05, 4.69) is 10.0 Å². The molecule has 2 heterocycles. The highest BCUT2D eigenvalue weighted by Crippen LogP contribution is 2.57. The van der Waals surface area contributed by atoms with Crippen LogP contribution in [0.2, 0.25) is 0 Å². The molecule has 2 fully saturated rings. The Balaban J connectivity index is 1.88. The molecule has 3 aliphatic rings. The number of hydrogen-bond donors (Lipinski definition) is 3. The molecule has 3 N–H and O–H groups in total. The molecule has 1 saturated heterocycles. The highest BCUT2D eigenvalue weighted by atomic mass is 32.2. The Morgan fingerprint density at radius 1 is 1.18 bits per heavy atom. The van der Waals surface area contributed by atoms with Crippen molar-refractivity contribution in [2.24, 2.45) is 11.3 Å². The third-order valence-electron chi connectivity index (χ3n) is 7.43. The van der Waals surface area contributed by atoms with E-state index in [9.17, 15) is 32.7 Å². The summed E-state index contributed by atoms with van der Waals surface area (Å²) in [6.45, 7) is 5.06. The summed E-state index contributed by atoms with van der Waals surface area (Å²) in [6.07, 6.45) is 5.44. The van der Waals surface area contributed by atoms with Gasteiger partial charge in [-0.3, -0.25) is 14.4 Å². The van der Waals surface area contributed by atoms with Crippen molar-refractivity contribution in [3.05, 3.63) is 12.2 Å². The van der Waals surface area contributed by atoms with Gasteiger partial charge in [-0.25, -0.2) is 9.52 Å². The summed E-state index contributed by atoms with van der Waals surface area (Å²) in [7, 11) is -1.47. The first kappa shape index (κ1) is 31.0. The Morgan fingerprint density at radius 3 is 2.51 bits per heavy atom. The van der Waals surface area contributed by atoms with E-state index in [1.54, 1.807) is 20.8 Å². The molecular formula is C26H42N4O8S. The number of rotatable bonds is 4. The number of fused-ring (bicyclic) bond motifs is 2. The molecule has 0 unspecified atom stereocenters. The second-order valence-corrected chi connectivity index (χ2v) is 13.9. The summed E-state index contributed by atoms with van der Waals surface area (Å²) in [4.78, 5) is 54.3. The predicted molar refractivity (Wildman–Crippen MR) is 142 cm³/mol. The number of nitrogens with zero attached hydrogens (tertiary/aromatic N) is 2. The maximum Gasteiger partial charge on any atom is 0.408 e. The summed E-state index contributed by atoms with van der Waals surface area (Å²) in [5.41, 5.74) is -2.02. The van der Waals surface area contributed by atoms with Crippen LogP contribution in [0.3, 0.4) is 0 Å². The third-order valence-corrected chi connectivity index (χ3v) is 8.84. The Morgan fingerprint density at radius 2 is 1.87 bits per heavy atom. The monoisotopic (exact) mass is 570 g/mol. The van der Waals surface area contributed by atoms with Gasteiger partial charge in [0.2, 0.25) is 11.8 Å². The summed E-state index contributed by atoms with van der Waals surface area (Å²) in [5, 5.41) is 13.1. The van der Waals surface area contributed by atoms with E-state index in [-0.39, 0.29) is 25.3 Å². The second-order valence-electron chi connectivity index (χ2n) is 12.0. The molecule has 0 radical (unpaired) electrons. The fourth-order valence-electron chi connectivity index (χ4n) is 5.19. The molecule has 2 aliphatic heterocycles. The molecule has 5 atom stereocenters. The maximum atomic E-state index is 13.6. The minimum absolute atomic E-state index is 0.00205. The minimum Gasteiger partial charge on any atom is -0.444 e. The SMILES string of the molecule is CN(C)S(=O)(=O)NC(=O)[C@]12CC(=O)[C@@H]3C[C@@H](O)CN3C(=O)[C@@H](NC(=O)OC(C)(C)C)CCCCC/C=C\[C@H]1C2. The van der Waals surface area contributed by atoms with Gasteiger partial charge < -0.3 is 20.1 Å². The van der Waals surface area contributed by atoms with Gasteiger partial charge in [-0.15, -0.1) is 0 Å². The minimum atomic E-state index is -4.07. The van der Waals surface area contributed by atoms with Crippen molar-refractivity contribution in [3.8, 4) is 0 Å². The number of ketones is 1. The van der Waals surface area contributed by atoms with Crippen molar-refractivity contribution in [1.82, 2.24) is 19.2 Å². The molecule has 3 amide bonds. The summed E-state index contributed by atoms with van der Waals surface area (Å²) in [5.74, 6) is -2.01. The fraction of sp³-hybridized carbons (Fsp3) is 0.769. The van der Waals surface area contributed by atoms with Crippen LogP contribution in [-0.2, 0) is 29.3 Å². The van der Waals surface area contributed by atoms with Crippen molar-refractivity contribution < 1.29 is 37.4 Å². The lowest BCUT2D eigenvalue weighted by Crippen LogP contribution is -2.53. The number of carbonyl (C=O) groups excluding carboxylic acids is 4. The topological polar surface area (TPSA) is 162 Å². The number of allylic oxidation sites excluding steroid dienone is 2. The highest BCUT2D eigenvalue weighted by molar-refractivity contribution is 7.87. The lowest BCUT2D eigenvalue weighted by molar-refractivity contribution is -0.140. The van der Waals surface area contributed by atoms with Gasteiger partial charge >= 0.3 is 16.3 Å². The average Bonchev–Trinajstić information content (AvgIpc) is 3.35. The standard InChI is InChI=1S/C26H42N4O8S/c1-25(2,3)38-24(35)27-19-12-10-8-6-7-9-11-17-14-26(17,23(34)28-39(36,37)29(4)5)15-21(32)20-13-18(31)16-30(20)22(19)33/h9,11,17-20,31H,6-8,10,12-16H2,1-5H3,(H,27,35)(H,28,34)/b11-9-/t17-,18+,19-,20-,26+/m0/s1. The Kier molecular flexibility index (Phi) is 9.49. The van der Waals surface area contributed by atoms with Gasteiger partial charge in [-0.2, -0.15) is 12.7 Å². The van der Waals surface area contributed by atoms with Gasteiger partial charge in [0, 0.05) is 33.5 Å². The third kappa shape index (κ3) is 7.79. The first-order valence-electron chi connectivity index (χ1n) is 13.5. The van der Waals surface area contributed by atoms with Crippen LogP contribution in [0, 0.1) is 11.3 Å². The van der Waals surface area contributed by atoms with E-state index in [1.165, 1.54) is 19.0 Å². The zero-order valence-corrected chi connectivity index (χ0v) is 24.3. The number of ether oxygens (including phenoxy) is 1. The van der Waals surface area contributed by atoms with E-state index in [1.807, 2.05) is 12.2 Å². The molecule has 13 heteroatoms. The van der Waals surface area contributed by atoms with Gasteiger partial charge in [0.25, 0.3) is 0 Å². The number of Topliss-reactive ketones (excluding diaryl/α,β-unsaturated/α-hetero) is 1. The molecule has 12 nitrogen and oxygen atoms in total. The van der Waals surface area contributed by atoms with Crippen molar-refractivity contribution in [2.45, 2.75) is 95.9 Å². The molecule has 39 heavy (non-hydrogen) atoms. The predicted octanol–water partition coefficient (Wildman–Crippen LogP) is 1.25. The van der Waals surface area contributed by atoms with Crippen LogP contribution in [0.5, 0.6) is 0 Å². The van der Waals surface area contributed by atoms with Crippen LogP contribution in [0.1, 0.15) is 72.1 Å². The van der Waals surface area contributed by atoms with Gasteiger partial charge in [0.1, 0.15) is 11.6 Å². The number of aliphatic hydroxyl groups excluding tert-OH is 1. The van der Waals surface area contributed by atoms with Crippen LogP contribution in [-0.4, -0.2) is 90.8 Å². The smallest absolute Gasteiger partial charge is 0.408 e. The first-order valence-corrected chi connectivity index (χ1v) is 14.9. The van der Waals surface area contributed by atoms with Crippen molar-refractivity contribution in [3.63, 3.8) is 0 Å². The largest absolute Gasteiger partial charge is 0.444 e. The summed E-state index contributed by atoms with van der Waals surface area (Å²) < 4.78 is 33.0. The van der Waals surface area contributed by atoms with Gasteiger partial charge in [0.05, 0.1) is 17.6 Å². The number of alkyl carbamates (subject to hydrolysis) is 1. The Labute approximate surface area is 230 Å². The average molecular weight is 571 g/mol. The van der Waals surface area contributed by atoms with E-state index in [0.717, 1.165) is 23.6 Å². The molecule has 0 aromatic carbocycles. The van der Waals surface area contributed by atoms with Crippen LogP contribution >= 0.6 is 0 Å². The van der Waals surface area contributed by atoms with Gasteiger partial charge in [0.15, 0.2) is 5.78 Å². The molecule has 0 bridgehead atoms. The molecule has 1 saturated carbocycles. The molecule has 1 aliphatic carbocycles. The van der Waals surface area contributed by atoms with E-state index >= 15 is 0 Å². The molecule has 0 aromatic rings. The Bertz CT molecular complexity index is 1100. The van der Waals surface area contributed by atoms with Gasteiger partial charge in [-0.1, -0.05) is 25.0 Å². The zero-order chi connectivity index (χ0) is 29.2. The molecule has 0 spiro atoms. The lowest BCUT2D eigenvalue weighted by Gasteiger charge is -2.30. The van der Waals surface area contributed by atoms with Crippen LogP contribution in [0.25, 0.3) is 0 Å². The number of hydrogen-bond acceptors (Lipinski definition) is 8. The number of aliphatic hydroxyl groups is 1. The van der Waals surface area contributed by atoms with Gasteiger partial charge in [-0.05, 0) is 52.4 Å². The van der Waals surface area contributed by atoms with Crippen molar-refractivity contribution in [1.29, 1.82) is 0 Å². The summed E-state index contributed by atoms with van der Waals surface area (Å²) >= 11 is 0. The van der Waals surface area contributed by atoms with Crippen LogP contribution in [0.4, 0.5) is 4.79 Å². The van der Waals surface area contributed by atoms with Crippen LogP contribution in [0.15, 0.2) is 12.2 Å². The fourth-order valence-corrected chi connectivity index (χ4v) is 5.81. The second kappa shape index (κ2) is 11.9. The first-order chi connectivity index (χ1) is 18.1. The molecule has 220 valence electrons.